The Morgan fingerprint density at radius 1 is 1.16 bits per heavy atom. The molecule has 3 heteroatoms. The first-order chi connectivity index (χ1) is 8.90. The lowest BCUT2D eigenvalue weighted by molar-refractivity contribution is 0.146. The molecule has 1 aromatic carbocycles. The predicted molar refractivity (Wildman–Crippen MR) is 78.1 cm³/mol. The Balaban J connectivity index is 2.64. The summed E-state index contributed by atoms with van der Waals surface area (Å²) in [6.45, 7) is 12.3. The third-order valence-electron chi connectivity index (χ3n) is 3.07. The molecule has 1 atom stereocenters. The number of ether oxygens (including phenoxy) is 1. The second kappa shape index (κ2) is 7.49. The van der Waals surface area contributed by atoms with Crippen LogP contribution in [0.25, 0.3) is 0 Å². The first kappa shape index (κ1) is 16.0. The number of aryl methyl sites for hydroxylation is 1. The monoisotopic (exact) mass is 267 g/mol. The van der Waals surface area contributed by atoms with Crippen LogP contribution in [0.3, 0.4) is 0 Å². The molecule has 0 amide bonds. The summed E-state index contributed by atoms with van der Waals surface area (Å²) in [5.41, 5.74) is 0.968. The van der Waals surface area contributed by atoms with E-state index < -0.39 is 0 Å². The molecular formula is C16H26FNO. The summed E-state index contributed by atoms with van der Waals surface area (Å²) in [7, 11) is 0. The molecule has 0 spiro atoms. The first-order valence-corrected chi connectivity index (χ1v) is 7.03. The quantitative estimate of drug-likeness (QED) is 0.811. The number of benzene rings is 1. The lowest BCUT2D eigenvalue weighted by atomic mass is 10.1. The maximum absolute atomic E-state index is 13.3. The first-order valence-electron chi connectivity index (χ1n) is 7.03. The third kappa shape index (κ3) is 5.60. The van der Waals surface area contributed by atoms with Gasteiger partial charge in [-0.1, -0.05) is 33.8 Å². The van der Waals surface area contributed by atoms with E-state index in [1.165, 1.54) is 12.1 Å². The highest BCUT2D eigenvalue weighted by molar-refractivity contribution is 5.32. The van der Waals surface area contributed by atoms with Gasteiger partial charge >= 0.3 is 0 Å². The Labute approximate surface area is 116 Å². The van der Waals surface area contributed by atoms with Crippen LogP contribution in [-0.4, -0.2) is 19.2 Å². The topological polar surface area (TPSA) is 21.3 Å². The predicted octanol–water partition coefficient (Wildman–Crippen LogP) is 3.78. The zero-order valence-corrected chi connectivity index (χ0v) is 12.7. The van der Waals surface area contributed by atoms with Crippen LogP contribution in [0.5, 0.6) is 5.75 Å². The van der Waals surface area contributed by atoms with Crippen molar-refractivity contribution in [2.45, 2.75) is 40.7 Å². The third-order valence-corrected chi connectivity index (χ3v) is 3.07. The molecule has 19 heavy (non-hydrogen) atoms. The van der Waals surface area contributed by atoms with Crippen molar-refractivity contribution in [2.24, 2.45) is 11.8 Å². The van der Waals surface area contributed by atoms with Crippen molar-refractivity contribution in [2.75, 3.05) is 13.1 Å². The Bertz CT molecular complexity index is 390. The Morgan fingerprint density at radius 2 is 1.84 bits per heavy atom. The highest BCUT2D eigenvalue weighted by Gasteiger charge is 2.16. The fourth-order valence-corrected chi connectivity index (χ4v) is 1.79. The highest BCUT2D eigenvalue weighted by atomic mass is 19.1. The smallest absolute Gasteiger partial charge is 0.126 e. The van der Waals surface area contributed by atoms with Crippen LogP contribution in [0.2, 0.25) is 0 Å². The number of nitrogens with one attached hydrogen (secondary N) is 1. The summed E-state index contributed by atoms with van der Waals surface area (Å²) in [6, 6.07) is 4.68. The molecular weight excluding hydrogens is 241 g/mol. The molecule has 0 fully saturated rings. The zero-order chi connectivity index (χ0) is 14.4. The van der Waals surface area contributed by atoms with Crippen molar-refractivity contribution in [3.8, 4) is 5.75 Å². The summed E-state index contributed by atoms with van der Waals surface area (Å²) < 4.78 is 19.2. The normalized spacial score (nSPS) is 13.1. The van der Waals surface area contributed by atoms with Crippen molar-refractivity contribution < 1.29 is 9.13 Å². The summed E-state index contributed by atoms with van der Waals surface area (Å²) in [5, 5.41) is 3.40. The lowest BCUT2D eigenvalue weighted by Crippen LogP contribution is -2.37. The maximum atomic E-state index is 13.3. The summed E-state index contributed by atoms with van der Waals surface area (Å²) in [5.74, 6) is 1.38. The van der Waals surface area contributed by atoms with E-state index in [1.807, 2.05) is 6.92 Å². The molecule has 0 aromatic heterocycles. The number of rotatable bonds is 7. The molecule has 0 saturated carbocycles. The minimum Gasteiger partial charge on any atom is -0.488 e. The number of hydrogen-bond donors (Lipinski definition) is 1. The fraction of sp³-hybridized carbons (Fsp3) is 0.625. The Hall–Kier alpha value is -1.09. The summed E-state index contributed by atoms with van der Waals surface area (Å²) >= 11 is 0. The van der Waals surface area contributed by atoms with Crippen LogP contribution in [0, 0.1) is 24.6 Å². The zero-order valence-electron chi connectivity index (χ0n) is 12.7. The van der Waals surface area contributed by atoms with Crippen molar-refractivity contribution in [3.63, 3.8) is 0 Å². The van der Waals surface area contributed by atoms with Crippen molar-refractivity contribution in [1.82, 2.24) is 5.32 Å². The van der Waals surface area contributed by atoms with E-state index >= 15 is 0 Å². The van der Waals surface area contributed by atoms with Crippen LogP contribution in [-0.2, 0) is 0 Å². The molecule has 2 nitrogen and oxygen atoms in total. The molecule has 0 aliphatic rings. The molecule has 0 aliphatic carbocycles. The van der Waals surface area contributed by atoms with E-state index in [0.29, 0.717) is 17.6 Å². The average molecular weight is 267 g/mol. The largest absolute Gasteiger partial charge is 0.488 e. The number of hydrogen-bond acceptors (Lipinski definition) is 2. The maximum Gasteiger partial charge on any atom is 0.126 e. The standard InChI is InChI=1S/C16H26FNO/c1-11(2)9-18-10-16(12(3)4)19-15-8-14(17)7-6-13(15)5/h6-8,11-12,16,18H,9-10H2,1-5H3. The summed E-state index contributed by atoms with van der Waals surface area (Å²) in [6.07, 6.45) is 0.0549. The molecule has 0 aliphatic heterocycles. The van der Waals surface area contributed by atoms with Gasteiger partial charge in [-0.2, -0.15) is 0 Å². The molecule has 0 bridgehead atoms. The van der Waals surface area contributed by atoms with E-state index in [2.05, 4.69) is 33.0 Å². The van der Waals surface area contributed by atoms with Crippen LogP contribution in [0.15, 0.2) is 18.2 Å². The van der Waals surface area contributed by atoms with Gasteiger partial charge in [0.25, 0.3) is 0 Å². The molecule has 1 N–H and O–H groups in total. The van der Waals surface area contributed by atoms with Gasteiger partial charge in [-0.25, -0.2) is 4.39 Å². The van der Waals surface area contributed by atoms with Gasteiger partial charge < -0.3 is 10.1 Å². The second-order valence-corrected chi connectivity index (χ2v) is 5.86. The van der Waals surface area contributed by atoms with Crippen molar-refractivity contribution in [3.05, 3.63) is 29.6 Å². The number of halogens is 1. The SMILES string of the molecule is Cc1ccc(F)cc1OC(CNCC(C)C)C(C)C. The lowest BCUT2D eigenvalue weighted by Gasteiger charge is -2.24. The van der Waals surface area contributed by atoms with E-state index in [0.717, 1.165) is 18.7 Å². The van der Waals surface area contributed by atoms with Gasteiger partial charge in [-0.05, 0) is 36.9 Å². The van der Waals surface area contributed by atoms with E-state index in [-0.39, 0.29) is 11.9 Å². The second-order valence-electron chi connectivity index (χ2n) is 5.86. The van der Waals surface area contributed by atoms with Gasteiger partial charge in [0.1, 0.15) is 17.7 Å². The highest BCUT2D eigenvalue weighted by Crippen LogP contribution is 2.22. The minimum absolute atomic E-state index is 0.0549. The Kier molecular flexibility index (Phi) is 6.29. The molecule has 1 unspecified atom stereocenters. The molecule has 0 saturated heterocycles. The van der Waals surface area contributed by atoms with Gasteiger partial charge in [0.2, 0.25) is 0 Å². The van der Waals surface area contributed by atoms with Crippen molar-refractivity contribution >= 4 is 0 Å². The van der Waals surface area contributed by atoms with Gasteiger partial charge in [-0.15, -0.1) is 0 Å². The molecule has 0 heterocycles. The van der Waals surface area contributed by atoms with E-state index in [1.54, 1.807) is 6.07 Å². The molecule has 0 radical (unpaired) electrons. The van der Waals surface area contributed by atoms with Crippen LogP contribution in [0.4, 0.5) is 4.39 Å². The average Bonchev–Trinajstić information content (AvgIpc) is 2.31. The van der Waals surface area contributed by atoms with Gasteiger partial charge in [0.15, 0.2) is 0 Å². The van der Waals surface area contributed by atoms with Crippen LogP contribution >= 0.6 is 0 Å². The fourth-order valence-electron chi connectivity index (χ4n) is 1.79. The minimum atomic E-state index is -0.252. The molecule has 108 valence electrons. The van der Waals surface area contributed by atoms with Gasteiger partial charge in [0.05, 0.1) is 0 Å². The van der Waals surface area contributed by atoms with E-state index in [4.69, 9.17) is 4.74 Å². The Morgan fingerprint density at radius 3 is 2.42 bits per heavy atom. The van der Waals surface area contributed by atoms with E-state index in [9.17, 15) is 4.39 Å². The van der Waals surface area contributed by atoms with Crippen molar-refractivity contribution in [1.29, 1.82) is 0 Å². The molecule has 1 rings (SSSR count). The molecule has 1 aromatic rings. The van der Waals surface area contributed by atoms with Crippen LogP contribution < -0.4 is 10.1 Å². The van der Waals surface area contributed by atoms with Gasteiger partial charge in [0, 0.05) is 12.6 Å². The van der Waals surface area contributed by atoms with Crippen LogP contribution in [0.1, 0.15) is 33.3 Å². The summed E-state index contributed by atoms with van der Waals surface area (Å²) in [4.78, 5) is 0. The van der Waals surface area contributed by atoms with Gasteiger partial charge in [-0.3, -0.25) is 0 Å².